The first-order valence-electron chi connectivity index (χ1n) is 27.0. The lowest BCUT2D eigenvalue weighted by atomic mass is 9.75. The average molecular weight is 977 g/mol. The predicted molar refractivity (Wildman–Crippen MR) is 263 cm³/mol. The van der Waals surface area contributed by atoms with E-state index in [9.17, 15) is 0 Å². The maximum absolute atomic E-state index is 8.09. The molecule has 4 aliphatic rings. The maximum Gasteiger partial charge on any atom is 0.339 e. The van der Waals surface area contributed by atoms with Crippen LogP contribution in [0.5, 0.6) is 0 Å². The quantitative estimate of drug-likeness (QED) is 0.0248. The molecule has 0 spiro atoms. The summed E-state index contributed by atoms with van der Waals surface area (Å²) >= 11 is 0. The standard InChI is InChI=1S/C52H100O14Si/c1-14-26-53-28-18-20-32-59-47-49(11,63-47)51(13,52(61-40(5)6,62-41(7)8)50(12)48(64-50)60-33-21-19-29-54-27-15-2)66-67(65-42(9)10,36-22-30-55-38-43(16-3)45-24-34-57-45)37-23-31-56-39-44(17-4)46-25-35-58-46/h40-48H,14-39H2,1-13H3. The molecular weight excluding hydrogens is 877 g/mol. The van der Waals surface area contributed by atoms with Crippen LogP contribution >= 0.6 is 0 Å². The van der Waals surface area contributed by atoms with Gasteiger partial charge in [-0.15, -0.1) is 0 Å². The van der Waals surface area contributed by atoms with Gasteiger partial charge in [-0.05, 0) is 151 Å². The van der Waals surface area contributed by atoms with Crippen LogP contribution in [0.4, 0.5) is 0 Å². The third kappa shape index (κ3) is 16.8. The van der Waals surface area contributed by atoms with Gasteiger partial charge in [-0.3, -0.25) is 0 Å². The number of unbranched alkanes of at least 4 members (excludes halogenated alkanes) is 2. The van der Waals surface area contributed by atoms with Crippen molar-refractivity contribution >= 4 is 8.56 Å². The van der Waals surface area contributed by atoms with Gasteiger partial charge >= 0.3 is 8.56 Å². The molecule has 4 saturated heterocycles. The van der Waals surface area contributed by atoms with Gasteiger partial charge in [0.2, 0.25) is 5.79 Å². The molecule has 15 heteroatoms. The minimum absolute atomic E-state index is 0.135. The fourth-order valence-electron chi connectivity index (χ4n) is 9.69. The van der Waals surface area contributed by atoms with Gasteiger partial charge in [0.1, 0.15) is 5.60 Å². The highest BCUT2D eigenvalue weighted by Gasteiger charge is 2.85. The van der Waals surface area contributed by atoms with Crippen LogP contribution < -0.4 is 0 Å². The van der Waals surface area contributed by atoms with Crippen molar-refractivity contribution in [1.82, 2.24) is 0 Å². The number of epoxide rings is 2. The van der Waals surface area contributed by atoms with Crippen LogP contribution in [0.1, 0.15) is 167 Å². The largest absolute Gasteiger partial charge is 0.392 e. The zero-order chi connectivity index (χ0) is 49.0. The van der Waals surface area contributed by atoms with Gasteiger partial charge < -0.3 is 65.7 Å². The van der Waals surface area contributed by atoms with Crippen LogP contribution in [0.15, 0.2) is 0 Å². The molecule has 0 aliphatic carbocycles. The molecule has 4 rings (SSSR count). The van der Waals surface area contributed by atoms with Crippen LogP contribution in [-0.4, -0.2) is 154 Å². The number of hydrogen-bond donors (Lipinski definition) is 0. The van der Waals surface area contributed by atoms with E-state index in [0.29, 0.717) is 76.8 Å². The molecule has 9 atom stereocenters. The zero-order valence-electron chi connectivity index (χ0n) is 44.8. The third-order valence-electron chi connectivity index (χ3n) is 13.9. The average Bonchev–Trinajstić information content (AvgIpc) is 4.12. The second-order valence-corrected chi connectivity index (χ2v) is 24.0. The van der Waals surface area contributed by atoms with E-state index in [1.54, 1.807) is 0 Å². The molecule has 0 saturated carbocycles. The predicted octanol–water partition coefficient (Wildman–Crippen LogP) is 10.3. The SMILES string of the molecule is CCCOCCCCOC1OC1(C)C(C)(O[Si](CCCOCC(CC)C1CCO1)(CCCOCC(CC)C1CCO1)OC(C)C)C(OC(C)C)(OC(C)C)C1(C)OC1OCCCCOCCC. The molecule has 0 aromatic rings. The summed E-state index contributed by atoms with van der Waals surface area (Å²) in [6.07, 6.45) is 9.78. The Kier molecular flexibility index (Phi) is 26.0. The first-order chi connectivity index (χ1) is 32.1. The van der Waals surface area contributed by atoms with Gasteiger partial charge in [0, 0.05) is 84.0 Å². The van der Waals surface area contributed by atoms with Crippen LogP contribution in [-0.2, 0) is 65.7 Å². The number of ether oxygens (including phenoxy) is 12. The maximum atomic E-state index is 8.09. The van der Waals surface area contributed by atoms with Gasteiger partial charge in [-0.25, -0.2) is 0 Å². The van der Waals surface area contributed by atoms with Crippen LogP contribution in [0.2, 0.25) is 12.1 Å². The van der Waals surface area contributed by atoms with E-state index >= 15 is 0 Å². The van der Waals surface area contributed by atoms with Crippen molar-refractivity contribution in [3.05, 3.63) is 0 Å². The molecule has 9 unspecified atom stereocenters. The third-order valence-corrected chi connectivity index (χ3v) is 17.8. The molecule has 4 fully saturated rings. The fourth-order valence-corrected chi connectivity index (χ4v) is 13.7. The Labute approximate surface area is 409 Å². The van der Waals surface area contributed by atoms with Crippen molar-refractivity contribution in [2.75, 3.05) is 79.3 Å². The van der Waals surface area contributed by atoms with Crippen LogP contribution in [0.25, 0.3) is 0 Å². The summed E-state index contributed by atoms with van der Waals surface area (Å²) in [5, 5.41) is 0. The zero-order valence-corrected chi connectivity index (χ0v) is 45.8. The van der Waals surface area contributed by atoms with E-state index in [2.05, 4.69) is 55.4 Å². The van der Waals surface area contributed by atoms with E-state index in [-0.39, 0.29) is 30.5 Å². The van der Waals surface area contributed by atoms with E-state index in [0.717, 1.165) is 103 Å². The van der Waals surface area contributed by atoms with Crippen molar-refractivity contribution in [2.24, 2.45) is 11.8 Å². The molecular formula is C52H100O14Si. The summed E-state index contributed by atoms with van der Waals surface area (Å²) in [4.78, 5) is 0. The summed E-state index contributed by atoms with van der Waals surface area (Å²) in [6.45, 7) is 35.3. The molecule has 0 amide bonds. The molecule has 4 heterocycles. The van der Waals surface area contributed by atoms with E-state index in [1.165, 1.54) is 0 Å². The van der Waals surface area contributed by atoms with Gasteiger partial charge in [-0.1, -0.05) is 27.7 Å². The molecule has 0 aromatic carbocycles. The minimum Gasteiger partial charge on any atom is -0.392 e. The Morgan fingerprint density at radius 3 is 1.36 bits per heavy atom. The molecule has 14 nitrogen and oxygen atoms in total. The highest BCUT2D eigenvalue weighted by molar-refractivity contribution is 6.67. The number of hydrogen-bond acceptors (Lipinski definition) is 14. The highest BCUT2D eigenvalue weighted by Crippen LogP contribution is 2.63. The lowest BCUT2D eigenvalue weighted by Crippen LogP contribution is -2.75. The van der Waals surface area contributed by atoms with Gasteiger partial charge in [0.15, 0.2) is 23.8 Å². The smallest absolute Gasteiger partial charge is 0.339 e. The Morgan fingerprint density at radius 2 is 0.970 bits per heavy atom. The van der Waals surface area contributed by atoms with E-state index in [4.69, 9.17) is 65.7 Å². The molecule has 4 aliphatic heterocycles. The lowest BCUT2D eigenvalue weighted by molar-refractivity contribution is -0.373. The van der Waals surface area contributed by atoms with Crippen molar-refractivity contribution in [3.8, 4) is 0 Å². The van der Waals surface area contributed by atoms with Crippen molar-refractivity contribution < 1.29 is 65.7 Å². The summed E-state index contributed by atoms with van der Waals surface area (Å²) in [6, 6.07) is 1.34. The topological polar surface area (TPSA) is 136 Å². The summed E-state index contributed by atoms with van der Waals surface area (Å²) in [7, 11) is -3.32. The monoisotopic (exact) mass is 977 g/mol. The molecule has 67 heavy (non-hydrogen) atoms. The Bertz CT molecular complexity index is 1280. The first kappa shape index (κ1) is 59.2. The van der Waals surface area contributed by atoms with Crippen LogP contribution in [0.3, 0.4) is 0 Å². The van der Waals surface area contributed by atoms with Crippen molar-refractivity contribution in [2.45, 2.75) is 245 Å². The summed E-state index contributed by atoms with van der Waals surface area (Å²) in [5.74, 6) is -0.789. The summed E-state index contributed by atoms with van der Waals surface area (Å²) in [5.41, 5.74) is -3.52. The molecule has 0 N–H and O–H groups in total. The van der Waals surface area contributed by atoms with Crippen LogP contribution in [0, 0.1) is 11.8 Å². The second-order valence-electron chi connectivity index (χ2n) is 20.7. The molecule has 0 aromatic heterocycles. The molecule has 0 radical (unpaired) electrons. The minimum atomic E-state index is -3.32. The van der Waals surface area contributed by atoms with Gasteiger partial charge in [0.25, 0.3) is 0 Å². The normalized spacial score (nSPS) is 27.8. The Morgan fingerprint density at radius 1 is 0.552 bits per heavy atom. The van der Waals surface area contributed by atoms with Crippen molar-refractivity contribution in [1.29, 1.82) is 0 Å². The van der Waals surface area contributed by atoms with Gasteiger partial charge in [-0.2, -0.15) is 0 Å². The fraction of sp³-hybridized carbons (Fsp3) is 1.00. The highest BCUT2D eigenvalue weighted by atomic mass is 28.4. The Hall–Kier alpha value is -0.343. The number of rotatable bonds is 43. The molecule has 0 bridgehead atoms. The van der Waals surface area contributed by atoms with Crippen molar-refractivity contribution in [3.63, 3.8) is 0 Å². The second kappa shape index (κ2) is 29.4. The summed E-state index contributed by atoms with van der Waals surface area (Å²) < 4.78 is 92.9. The van der Waals surface area contributed by atoms with E-state index < -0.39 is 43.7 Å². The molecule has 396 valence electrons. The van der Waals surface area contributed by atoms with E-state index in [1.807, 2.05) is 34.6 Å². The first-order valence-corrected chi connectivity index (χ1v) is 29.2. The Balaban J connectivity index is 1.71. The van der Waals surface area contributed by atoms with Gasteiger partial charge in [0.05, 0.1) is 37.6 Å². The lowest BCUT2D eigenvalue weighted by Gasteiger charge is -2.55.